The van der Waals surface area contributed by atoms with Crippen molar-refractivity contribution in [1.82, 2.24) is 15.5 Å². The van der Waals surface area contributed by atoms with Crippen LogP contribution in [0, 0.1) is 6.92 Å². The number of halogens is 1. The van der Waals surface area contributed by atoms with Crippen molar-refractivity contribution in [1.29, 1.82) is 0 Å². The van der Waals surface area contributed by atoms with Crippen LogP contribution in [0.1, 0.15) is 15.6 Å². The Kier molecular flexibility index (Phi) is 4.09. The van der Waals surface area contributed by atoms with Gasteiger partial charge < -0.3 is 9.84 Å². The van der Waals surface area contributed by atoms with E-state index in [2.05, 4.69) is 44.4 Å². The lowest BCUT2D eigenvalue weighted by molar-refractivity contribution is 0.375. The molecular weight excluding hydrogens is 290 g/mol. The Hall–Kier alpha value is -0.720. The molecule has 0 saturated carbocycles. The molecule has 0 spiro atoms. The number of hydrogen-bond acceptors (Lipinski definition) is 5. The second-order valence-electron chi connectivity index (χ2n) is 3.38. The molecule has 2 heterocycles. The molecule has 0 fully saturated rings. The third kappa shape index (κ3) is 3.13. The summed E-state index contributed by atoms with van der Waals surface area (Å²) in [7, 11) is 0. The van der Waals surface area contributed by atoms with E-state index >= 15 is 0 Å². The van der Waals surface area contributed by atoms with Gasteiger partial charge in [-0.3, -0.25) is 0 Å². The van der Waals surface area contributed by atoms with E-state index in [4.69, 9.17) is 4.52 Å². The van der Waals surface area contributed by atoms with Crippen molar-refractivity contribution >= 4 is 27.3 Å². The van der Waals surface area contributed by atoms with Gasteiger partial charge >= 0.3 is 0 Å². The molecule has 0 unspecified atom stereocenters. The van der Waals surface area contributed by atoms with Gasteiger partial charge in [-0.2, -0.15) is 4.98 Å². The summed E-state index contributed by atoms with van der Waals surface area (Å²) in [5.41, 5.74) is 0. The lowest BCUT2D eigenvalue weighted by Crippen LogP contribution is -2.16. The van der Waals surface area contributed by atoms with Gasteiger partial charge in [-0.05, 0) is 28.9 Å². The lowest BCUT2D eigenvalue weighted by atomic mass is 10.4. The van der Waals surface area contributed by atoms with Crippen LogP contribution < -0.4 is 5.32 Å². The molecule has 0 radical (unpaired) electrons. The smallest absolute Gasteiger partial charge is 0.227 e. The number of aromatic nitrogens is 2. The van der Waals surface area contributed by atoms with Gasteiger partial charge in [0.25, 0.3) is 0 Å². The van der Waals surface area contributed by atoms with Gasteiger partial charge in [-0.1, -0.05) is 5.16 Å². The fourth-order valence-corrected chi connectivity index (χ4v) is 2.89. The largest absolute Gasteiger partial charge is 0.340 e. The molecular formula is C10H12BrN3OS. The Morgan fingerprint density at radius 3 is 3.06 bits per heavy atom. The number of thiophene rings is 1. The quantitative estimate of drug-likeness (QED) is 0.862. The highest BCUT2D eigenvalue weighted by molar-refractivity contribution is 9.10. The molecule has 2 rings (SSSR count). The maximum atomic E-state index is 4.90. The molecule has 0 saturated heterocycles. The van der Waals surface area contributed by atoms with E-state index in [1.54, 1.807) is 11.3 Å². The third-order valence-electron chi connectivity index (χ3n) is 2.13. The zero-order valence-electron chi connectivity index (χ0n) is 8.86. The standard InChI is InChI=1S/C10H12BrN3OS/c1-7-9(11)4-8(16-7)5-12-3-2-10-13-6-14-15-10/h4,6,12H,2-3,5H2,1H3. The van der Waals surface area contributed by atoms with E-state index in [0.29, 0.717) is 5.89 Å². The average Bonchev–Trinajstić information content (AvgIpc) is 2.85. The van der Waals surface area contributed by atoms with Crippen molar-refractivity contribution in [3.8, 4) is 0 Å². The van der Waals surface area contributed by atoms with Crippen molar-refractivity contribution in [2.45, 2.75) is 19.9 Å². The van der Waals surface area contributed by atoms with Crippen LogP contribution in [0.2, 0.25) is 0 Å². The molecule has 0 aliphatic heterocycles. The molecule has 0 aromatic carbocycles. The highest BCUT2D eigenvalue weighted by Crippen LogP contribution is 2.25. The molecule has 0 bridgehead atoms. The minimum atomic E-state index is 0.677. The average molecular weight is 302 g/mol. The van der Waals surface area contributed by atoms with Crippen LogP contribution in [0.4, 0.5) is 0 Å². The highest BCUT2D eigenvalue weighted by atomic mass is 79.9. The zero-order valence-corrected chi connectivity index (χ0v) is 11.3. The molecule has 0 atom stereocenters. The molecule has 0 amide bonds. The summed E-state index contributed by atoms with van der Waals surface area (Å²) in [4.78, 5) is 6.60. The van der Waals surface area contributed by atoms with Crippen LogP contribution >= 0.6 is 27.3 Å². The number of aryl methyl sites for hydroxylation is 1. The summed E-state index contributed by atoms with van der Waals surface area (Å²) < 4.78 is 6.09. The Morgan fingerprint density at radius 2 is 2.44 bits per heavy atom. The predicted molar refractivity (Wildman–Crippen MR) is 66.5 cm³/mol. The second kappa shape index (κ2) is 5.56. The van der Waals surface area contributed by atoms with Gasteiger partial charge in [-0.25, -0.2) is 0 Å². The molecule has 0 aliphatic carbocycles. The van der Waals surface area contributed by atoms with Gasteiger partial charge in [0.15, 0.2) is 6.33 Å². The van der Waals surface area contributed by atoms with Gasteiger partial charge in [-0.15, -0.1) is 11.3 Å². The topological polar surface area (TPSA) is 51.0 Å². The van der Waals surface area contributed by atoms with Gasteiger partial charge in [0, 0.05) is 33.7 Å². The number of nitrogens with zero attached hydrogens (tertiary/aromatic N) is 2. The zero-order chi connectivity index (χ0) is 11.4. The number of rotatable bonds is 5. The first-order valence-corrected chi connectivity index (χ1v) is 6.57. The maximum absolute atomic E-state index is 4.90. The summed E-state index contributed by atoms with van der Waals surface area (Å²) in [6.45, 7) is 3.83. The molecule has 2 aromatic heterocycles. The predicted octanol–water partition coefficient (Wildman–Crippen LogP) is 2.53. The first-order valence-electron chi connectivity index (χ1n) is 4.97. The summed E-state index contributed by atoms with van der Waals surface area (Å²) in [5.74, 6) is 0.677. The SMILES string of the molecule is Cc1sc(CNCCc2ncno2)cc1Br. The van der Waals surface area contributed by atoms with Crippen LogP contribution in [-0.2, 0) is 13.0 Å². The van der Waals surface area contributed by atoms with Crippen LogP contribution in [0.5, 0.6) is 0 Å². The first kappa shape index (κ1) is 11.8. The molecule has 1 N–H and O–H groups in total. The van der Waals surface area contributed by atoms with E-state index in [1.807, 2.05) is 0 Å². The van der Waals surface area contributed by atoms with Crippen molar-refractivity contribution < 1.29 is 4.52 Å². The van der Waals surface area contributed by atoms with E-state index < -0.39 is 0 Å². The fraction of sp³-hybridized carbons (Fsp3) is 0.400. The van der Waals surface area contributed by atoms with Crippen molar-refractivity contribution in [2.75, 3.05) is 6.54 Å². The van der Waals surface area contributed by atoms with Crippen LogP contribution in [-0.4, -0.2) is 16.7 Å². The molecule has 16 heavy (non-hydrogen) atoms. The molecule has 6 heteroatoms. The van der Waals surface area contributed by atoms with Crippen LogP contribution in [0.3, 0.4) is 0 Å². The van der Waals surface area contributed by atoms with Crippen molar-refractivity contribution in [2.24, 2.45) is 0 Å². The molecule has 4 nitrogen and oxygen atoms in total. The van der Waals surface area contributed by atoms with Crippen LogP contribution in [0.25, 0.3) is 0 Å². The van der Waals surface area contributed by atoms with E-state index in [1.165, 1.54) is 20.6 Å². The minimum Gasteiger partial charge on any atom is -0.340 e. The Balaban J connectivity index is 1.72. The van der Waals surface area contributed by atoms with Gasteiger partial charge in [0.05, 0.1) is 0 Å². The lowest BCUT2D eigenvalue weighted by Gasteiger charge is -1.99. The molecule has 2 aromatic rings. The summed E-state index contributed by atoms with van der Waals surface area (Å²) in [6.07, 6.45) is 2.20. The number of hydrogen-bond donors (Lipinski definition) is 1. The van der Waals surface area contributed by atoms with E-state index in [-0.39, 0.29) is 0 Å². The minimum absolute atomic E-state index is 0.677. The van der Waals surface area contributed by atoms with E-state index in [9.17, 15) is 0 Å². The Labute approximate surface area is 106 Å². The summed E-state index contributed by atoms with van der Waals surface area (Å²) >= 11 is 5.31. The highest BCUT2D eigenvalue weighted by Gasteiger charge is 2.03. The summed E-state index contributed by atoms with van der Waals surface area (Å²) in [5, 5.41) is 6.90. The number of nitrogens with one attached hydrogen (secondary N) is 1. The monoisotopic (exact) mass is 301 g/mol. The maximum Gasteiger partial charge on any atom is 0.227 e. The van der Waals surface area contributed by atoms with Gasteiger partial charge in [0.2, 0.25) is 5.89 Å². The molecule has 0 aliphatic rings. The normalized spacial score (nSPS) is 10.9. The fourth-order valence-electron chi connectivity index (χ4n) is 1.32. The third-order valence-corrected chi connectivity index (χ3v) is 4.27. The Morgan fingerprint density at radius 1 is 1.56 bits per heavy atom. The van der Waals surface area contributed by atoms with Crippen molar-refractivity contribution in [3.63, 3.8) is 0 Å². The summed E-state index contributed by atoms with van der Waals surface area (Å²) in [6, 6.07) is 2.15. The Bertz CT molecular complexity index is 421. The van der Waals surface area contributed by atoms with Gasteiger partial charge in [0.1, 0.15) is 0 Å². The van der Waals surface area contributed by atoms with Crippen molar-refractivity contribution in [3.05, 3.63) is 32.5 Å². The first-order chi connectivity index (χ1) is 7.75. The van der Waals surface area contributed by atoms with Crippen LogP contribution in [0.15, 0.2) is 21.4 Å². The van der Waals surface area contributed by atoms with E-state index in [0.717, 1.165) is 19.5 Å². The second-order valence-corrected chi connectivity index (χ2v) is 5.57. The molecule has 86 valence electrons.